The van der Waals surface area contributed by atoms with Gasteiger partial charge in [0, 0.05) is 19.0 Å². The Morgan fingerprint density at radius 1 is 1.35 bits per heavy atom. The van der Waals surface area contributed by atoms with Crippen LogP contribution in [0, 0.1) is 5.41 Å². The highest BCUT2D eigenvalue weighted by Crippen LogP contribution is 2.48. The van der Waals surface area contributed by atoms with E-state index in [9.17, 15) is 14.4 Å². The third kappa shape index (κ3) is 2.07. The summed E-state index contributed by atoms with van der Waals surface area (Å²) >= 11 is 0. The smallest absolute Gasteiger partial charge is 0.392 e. The fraction of sp³-hybridized carbons (Fsp3) is 0.692. The van der Waals surface area contributed by atoms with Crippen molar-refractivity contribution in [3.63, 3.8) is 0 Å². The predicted molar refractivity (Wildman–Crippen MR) is 68.0 cm³/mol. The molecule has 108 valence electrons. The minimum Gasteiger partial charge on any atom is -0.392 e. The first-order valence-corrected chi connectivity index (χ1v) is 6.89. The van der Waals surface area contributed by atoms with Crippen LogP contribution in [0.4, 0.5) is 0 Å². The molecule has 1 amide bonds. The Labute approximate surface area is 115 Å². The lowest BCUT2D eigenvalue weighted by atomic mass is 9.94. The topological polar surface area (TPSA) is 96.3 Å². The molecule has 2 fully saturated rings. The molecule has 1 aliphatic heterocycles. The largest absolute Gasteiger partial charge is 0.434 e. The maximum atomic E-state index is 12.4. The summed E-state index contributed by atoms with van der Waals surface area (Å²) in [6, 6.07) is 0. The molecule has 0 aromatic carbocycles. The Kier molecular flexibility index (Phi) is 2.99. The number of Topliss-reactive ketones (excluding diaryl/α,β-unsaturated/α-hetero) is 1. The van der Waals surface area contributed by atoms with Gasteiger partial charge in [0.2, 0.25) is 11.8 Å². The maximum absolute atomic E-state index is 12.4. The van der Waals surface area contributed by atoms with Gasteiger partial charge in [-0.2, -0.15) is 0 Å². The van der Waals surface area contributed by atoms with Gasteiger partial charge in [0.15, 0.2) is 0 Å². The van der Waals surface area contributed by atoms with Gasteiger partial charge in [0.1, 0.15) is 11.2 Å². The molecule has 1 aromatic rings. The van der Waals surface area contributed by atoms with E-state index in [1.165, 1.54) is 6.92 Å². The number of aromatic nitrogens is 2. The number of nitrogens with one attached hydrogen (secondary N) is 1. The van der Waals surface area contributed by atoms with E-state index in [-0.39, 0.29) is 17.6 Å². The second kappa shape index (κ2) is 4.57. The monoisotopic (exact) mass is 279 g/mol. The standard InChI is InChI=1S/C13H17N3O4/c1-8(17)13(4-5-13)11(18)16-6-2-9(3-7-16)10-14-15-12(19)20-10/h9H,2-7H2,1H3,(H,15,19). The van der Waals surface area contributed by atoms with Crippen LogP contribution >= 0.6 is 0 Å². The Morgan fingerprint density at radius 2 is 2.00 bits per heavy atom. The van der Waals surface area contributed by atoms with Gasteiger partial charge in [0.05, 0.1) is 0 Å². The third-order valence-electron chi connectivity index (χ3n) is 4.42. The zero-order valence-electron chi connectivity index (χ0n) is 11.3. The van der Waals surface area contributed by atoms with Crippen LogP contribution < -0.4 is 5.76 Å². The first-order valence-electron chi connectivity index (χ1n) is 6.89. The second-order valence-corrected chi connectivity index (χ2v) is 5.66. The molecule has 2 aliphatic rings. The van der Waals surface area contributed by atoms with Crippen molar-refractivity contribution in [2.75, 3.05) is 13.1 Å². The van der Waals surface area contributed by atoms with E-state index in [1.807, 2.05) is 0 Å². The van der Waals surface area contributed by atoms with Gasteiger partial charge in [-0.05, 0) is 32.6 Å². The number of hydrogen-bond donors (Lipinski definition) is 1. The number of carbonyl (C=O) groups is 2. The minimum atomic E-state index is -0.730. The highest BCUT2D eigenvalue weighted by atomic mass is 16.4. The number of aromatic amines is 1. The average Bonchev–Trinajstić information content (AvgIpc) is 3.15. The summed E-state index contributed by atoms with van der Waals surface area (Å²) in [7, 11) is 0. The number of H-pyrrole nitrogens is 1. The first kappa shape index (κ1) is 13.1. The SMILES string of the molecule is CC(=O)C1(C(=O)N2CCC(c3n[nH]c(=O)o3)CC2)CC1. The number of nitrogens with zero attached hydrogens (tertiary/aromatic N) is 2. The Bertz CT molecular complexity index is 591. The molecule has 0 bridgehead atoms. The molecule has 1 N–H and O–H groups in total. The van der Waals surface area contributed by atoms with Gasteiger partial charge in [0.25, 0.3) is 0 Å². The molecule has 7 heteroatoms. The van der Waals surface area contributed by atoms with Gasteiger partial charge >= 0.3 is 5.76 Å². The molecule has 1 saturated carbocycles. The molecule has 7 nitrogen and oxygen atoms in total. The predicted octanol–water partition coefficient (Wildman–Crippen LogP) is 0.438. The normalized spacial score (nSPS) is 21.8. The maximum Gasteiger partial charge on any atom is 0.434 e. The molecule has 2 heterocycles. The van der Waals surface area contributed by atoms with Crippen molar-refractivity contribution in [2.24, 2.45) is 5.41 Å². The van der Waals surface area contributed by atoms with E-state index < -0.39 is 11.2 Å². The average molecular weight is 279 g/mol. The summed E-state index contributed by atoms with van der Waals surface area (Å²) in [4.78, 5) is 36.7. The number of likely N-dealkylation sites (tertiary alicyclic amines) is 1. The van der Waals surface area contributed by atoms with Crippen LogP contribution in [-0.4, -0.2) is 39.9 Å². The van der Waals surface area contributed by atoms with Crippen molar-refractivity contribution >= 4 is 11.7 Å². The van der Waals surface area contributed by atoms with Crippen molar-refractivity contribution in [1.82, 2.24) is 15.1 Å². The Morgan fingerprint density at radius 3 is 2.45 bits per heavy atom. The van der Waals surface area contributed by atoms with E-state index in [0.717, 1.165) is 0 Å². The number of amides is 1. The molecule has 1 aliphatic carbocycles. The molecule has 20 heavy (non-hydrogen) atoms. The molecule has 3 rings (SSSR count). The number of rotatable bonds is 3. The number of ketones is 1. The zero-order chi connectivity index (χ0) is 14.3. The molecular formula is C13H17N3O4. The Balaban J connectivity index is 1.63. The lowest BCUT2D eigenvalue weighted by Crippen LogP contribution is -2.44. The van der Waals surface area contributed by atoms with Gasteiger partial charge in [-0.25, -0.2) is 9.89 Å². The number of hydrogen-bond acceptors (Lipinski definition) is 5. The molecule has 1 saturated heterocycles. The lowest BCUT2D eigenvalue weighted by molar-refractivity contribution is -0.143. The van der Waals surface area contributed by atoms with E-state index in [0.29, 0.717) is 44.7 Å². The summed E-state index contributed by atoms with van der Waals surface area (Å²) in [5.74, 6) is -0.137. The highest BCUT2D eigenvalue weighted by molar-refractivity contribution is 6.07. The van der Waals surface area contributed by atoms with Crippen LogP contribution in [0.3, 0.4) is 0 Å². The molecule has 0 atom stereocenters. The molecule has 0 unspecified atom stereocenters. The fourth-order valence-electron chi connectivity index (χ4n) is 2.89. The van der Waals surface area contributed by atoms with E-state index in [4.69, 9.17) is 4.42 Å². The molecule has 1 aromatic heterocycles. The third-order valence-corrected chi connectivity index (χ3v) is 4.42. The number of carbonyl (C=O) groups excluding carboxylic acids is 2. The van der Waals surface area contributed by atoms with Crippen molar-refractivity contribution in [2.45, 2.75) is 38.5 Å². The van der Waals surface area contributed by atoms with Crippen molar-refractivity contribution in [3.05, 3.63) is 16.4 Å². The summed E-state index contributed by atoms with van der Waals surface area (Å²) in [6.45, 7) is 2.65. The fourth-order valence-corrected chi connectivity index (χ4v) is 2.89. The quantitative estimate of drug-likeness (QED) is 0.810. The molecule has 0 spiro atoms. The number of piperidine rings is 1. The van der Waals surface area contributed by atoms with Gasteiger partial charge in [-0.15, -0.1) is 5.10 Å². The van der Waals surface area contributed by atoms with Gasteiger partial charge in [-0.3, -0.25) is 9.59 Å². The molecular weight excluding hydrogens is 262 g/mol. The minimum absolute atomic E-state index is 0.0251. The first-order chi connectivity index (χ1) is 9.53. The lowest BCUT2D eigenvalue weighted by Gasteiger charge is -2.32. The van der Waals surface area contributed by atoms with Crippen molar-refractivity contribution < 1.29 is 14.0 Å². The summed E-state index contributed by atoms with van der Waals surface area (Å²) in [5, 5.41) is 6.09. The summed E-state index contributed by atoms with van der Waals surface area (Å²) < 4.78 is 4.96. The zero-order valence-corrected chi connectivity index (χ0v) is 11.3. The summed E-state index contributed by atoms with van der Waals surface area (Å²) in [6.07, 6.45) is 2.76. The van der Waals surface area contributed by atoms with Crippen LogP contribution in [0.1, 0.15) is 44.4 Å². The van der Waals surface area contributed by atoms with Crippen LogP contribution in [0.25, 0.3) is 0 Å². The Hall–Kier alpha value is -1.92. The summed E-state index contributed by atoms with van der Waals surface area (Å²) in [5.41, 5.74) is -0.730. The van der Waals surface area contributed by atoms with Crippen LogP contribution in [0.2, 0.25) is 0 Å². The van der Waals surface area contributed by atoms with E-state index >= 15 is 0 Å². The van der Waals surface area contributed by atoms with Crippen molar-refractivity contribution in [1.29, 1.82) is 0 Å². The van der Waals surface area contributed by atoms with Crippen LogP contribution in [-0.2, 0) is 9.59 Å². The second-order valence-electron chi connectivity index (χ2n) is 5.66. The van der Waals surface area contributed by atoms with Gasteiger partial charge in [-0.1, -0.05) is 0 Å². The van der Waals surface area contributed by atoms with E-state index in [2.05, 4.69) is 10.2 Å². The van der Waals surface area contributed by atoms with E-state index in [1.54, 1.807) is 4.90 Å². The molecule has 0 radical (unpaired) electrons. The van der Waals surface area contributed by atoms with Crippen molar-refractivity contribution in [3.8, 4) is 0 Å². The van der Waals surface area contributed by atoms with Crippen LogP contribution in [0.5, 0.6) is 0 Å². The van der Waals surface area contributed by atoms with Crippen LogP contribution in [0.15, 0.2) is 9.21 Å². The highest BCUT2D eigenvalue weighted by Gasteiger charge is 2.55. The van der Waals surface area contributed by atoms with Gasteiger partial charge < -0.3 is 9.32 Å².